The fourth-order valence-electron chi connectivity index (χ4n) is 3.80. The number of thioether (sulfide) groups is 1. The van der Waals surface area contributed by atoms with Crippen LogP contribution in [0.2, 0.25) is 0 Å². The highest BCUT2D eigenvalue weighted by atomic mass is 32.2. The molecule has 2 nitrogen and oxygen atoms in total. The Bertz CT molecular complexity index is 261. The molecular weight excluding hydrogens is 252 g/mol. The van der Waals surface area contributed by atoms with Crippen molar-refractivity contribution in [2.45, 2.75) is 64.5 Å². The van der Waals surface area contributed by atoms with Gasteiger partial charge in [-0.25, -0.2) is 0 Å². The molecule has 0 amide bonds. The summed E-state index contributed by atoms with van der Waals surface area (Å²) in [7, 11) is 0. The van der Waals surface area contributed by atoms with Crippen LogP contribution in [0.25, 0.3) is 0 Å². The first-order valence-electron chi connectivity index (χ1n) is 8.24. The number of nitrogens with one attached hydrogen (secondary N) is 1. The van der Waals surface area contributed by atoms with Gasteiger partial charge in [0, 0.05) is 37.0 Å². The van der Waals surface area contributed by atoms with Crippen LogP contribution in [-0.4, -0.2) is 47.6 Å². The van der Waals surface area contributed by atoms with Gasteiger partial charge in [0.15, 0.2) is 0 Å². The number of rotatable bonds is 5. The Hall–Kier alpha value is 0.270. The zero-order valence-corrected chi connectivity index (χ0v) is 13.9. The van der Waals surface area contributed by atoms with Gasteiger partial charge in [0.2, 0.25) is 0 Å². The Balaban J connectivity index is 1.95. The largest absolute Gasteiger partial charge is 0.308 e. The zero-order chi connectivity index (χ0) is 13.7. The first kappa shape index (κ1) is 15.7. The molecule has 2 aliphatic rings. The van der Waals surface area contributed by atoms with E-state index < -0.39 is 0 Å². The van der Waals surface area contributed by atoms with Crippen molar-refractivity contribution >= 4 is 11.8 Å². The highest BCUT2D eigenvalue weighted by molar-refractivity contribution is 7.99. The number of hydrogen-bond acceptors (Lipinski definition) is 3. The molecule has 1 spiro atoms. The molecule has 0 bridgehead atoms. The van der Waals surface area contributed by atoms with Gasteiger partial charge in [0.25, 0.3) is 0 Å². The Morgan fingerprint density at radius 3 is 2.63 bits per heavy atom. The Morgan fingerprint density at radius 1 is 1.26 bits per heavy atom. The summed E-state index contributed by atoms with van der Waals surface area (Å²) in [5.41, 5.74) is 0.459. The molecule has 1 aliphatic heterocycles. The van der Waals surface area contributed by atoms with Gasteiger partial charge < -0.3 is 5.32 Å². The van der Waals surface area contributed by atoms with Crippen LogP contribution < -0.4 is 5.32 Å². The smallest absolute Gasteiger partial charge is 0.0309 e. The molecule has 3 heteroatoms. The van der Waals surface area contributed by atoms with Crippen molar-refractivity contribution in [1.82, 2.24) is 10.2 Å². The molecule has 1 unspecified atom stereocenters. The van der Waals surface area contributed by atoms with Gasteiger partial charge in [-0.3, -0.25) is 4.90 Å². The van der Waals surface area contributed by atoms with Crippen molar-refractivity contribution in [2.75, 3.05) is 31.1 Å². The average Bonchev–Trinajstić information content (AvgIpc) is 2.40. The molecule has 19 heavy (non-hydrogen) atoms. The van der Waals surface area contributed by atoms with Gasteiger partial charge in [0.1, 0.15) is 0 Å². The number of hydrogen-bond donors (Lipinski definition) is 1. The monoisotopic (exact) mass is 284 g/mol. The van der Waals surface area contributed by atoms with Crippen molar-refractivity contribution in [2.24, 2.45) is 5.92 Å². The molecule has 112 valence electrons. The SMILES string of the molecule is CCSCCN1CC2(CCCCC2)NCC1C(C)C. The van der Waals surface area contributed by atoms with Crippen LogP contribution in [0.1, 0.15) is 52.9 Å². The van der Waals surface area contributed by atoms with Crippen LogP contribution in [0.3, 0.4) is 0 Å². The molecular formula is C16H32N2S. The predicted molar refractivity (Wildman–Crippen MR) is 87.0 cm³/mol. The lowest BCUT2D eigenvalue weighted by Crippen LogP contribution is -2.66. The van der Waals surface area contributed by atoms with Gasteiger partial charge in [-0.2, -0.15) is 11.8 Å². The van der Waals surface area contributed by atoms with E-state index in [0.29, 0.717) is 5.54 Å². The van der Waals surface area contributed by atoms with Crippen LogP contribution >= 0.6 is 11.8 Å². The van der Waals surface area contributed by atoms with E-state index >= 15 is 0 Å². The van der Waals surface area contributed by atoms with Crippen LogP contribution in [-0.2, 0) is 0 Å². The number of piperazine rings is 1. The molecule has 2 rings (SSSR count). The molecule has 0 radical (unpaired) electrons. The average molecular weight is 285 g/mol. The summed E-state index contributed by atoms with van der Waals surface area (Å²) in [5.74, 6) is 3.32. The van der Waals surface area contributed by atoms with Gasteiger partial charge in [-0.05, 0) is 24.5 Å². The van der Waals surface area contributed by atoms with Crippen molar-refractivity contribution in [1.29, 1.82) is 0 Å². The summed E-state index contributed by atoms with van der Waals surface area (Å²) < 4.78 is 0. The fraction of sp³-hybridized carbons (Fsp3) is 1.00. The maximum absolute atomic E-state index is 3.94. The van der Waals surface area contributed by atoms with Crippen molar-refractivity contribution < 1.29 is 0 Å². The standard InChI is InChI=1S/C16H32N2S/c1-4-19-11-10-18-13-16(8-6-5-7-9-16)17-12-15(18)14(2)3/h14-15,17H,4-13H2,1-3H3. The zero-order valence-electron chi connectivity index (χ0n) is 13.1. The molecule has 0 aromatic heterocycles. The summed E-state index contributed by atoms with van der Waals surface area (Å²) in [6.45, 7) is 10.8. The molecule has 2 fully saturated rings. The summed E-state index contributed by atoms with van der Waals surface area (Å²) in [5, 5.41) is 3.94. The van der Waals surface area contributed by atoms with Gasteiger partial charge in [-0.15, -0.1) is 0 Å². The summed E-state index contributed by atoms with van der Waals surface area (Å²) in [6.07, 6.45) is 7.10. The van der Waals surface area contributed by atoms with Crippen molar-refractivity contribution in [3.05, 3.63) is 0 Å². The second-order valence-corrected chi connectivity index (χ2v) is 8.09. The fourth-order valence-corrected chi connectivity index (χ4v) is 4.46. The molecule has 1 heterocycles. The lowest BCUT2D eigenvalue weighted by Gasteiger charge is -2.51. The topological polar surface area (TPSA) is 15.3 Å². The van der Waals surface area contributed by atoms with E-state index in [-0.39, 0.29) is 0 Å². The van der Waals surface area contributed by atoms with Crippen LogP contribution in [0.4, 0.5) is 0 Å². The van der Waals surface area contributed by atoms with Crippen LogP contribution in [0, 0.1) is 5.92 Å². The maximum atomic E-state index is 3.94. The maximum Gasteiger partial charge on any atom is 0.0309 e. The van der Waals surface area contributed by atoms with Crippen molar-refractivity contribution in [3.8, 4) is 0 Å². The van der Waals surface area contributed by atoms with Crippen LogP contribution in [0.5, 0.6) is 0 Å². The van der Waals surface area contributed by atoms with E-state index in [2.05, 4.69) is 42.7 Å². The summed E-state index contributed by atoms with van der Waals surface area (Å²) >= 11 is 2.09. The Kier molecular flexibility index (Phi) is 6.04. The second kappa shape index (κ2) is 7.33. The number of nitrogens with zero attached hydrogens (tertiary/aromatic N) is 1. The Labute approximate surface area is 124 Å². The van der Waals surface area contributed by atoms with E-state index in [0.717, 1.165) is 12.0 Å². The van der Waals surface area contributed by atoms with Crippen LogP contribution in [0.15, 0.2) is 0 Å². The quantitative estimate of drug-likeness (QED) is 0.779. The minimum atomic E-state index is 0.459. The third-order valence-electron chi connectivity index (χ3n) is 4.97. The van der Waals surface area contributed by atoms with E-state index in [9.17, 15) is 0 Å². The van der Waals surface area contributed by atoms with E-state index in [1.165, 1.54) is 63.2 Å². The molecule has 1 saturated heterocycles. The first-order valence-corrected chi connectivity index (χ1v) is 9.39. The van der Waals surface area contributed by atoms with E-state index in [1.54, 1.807) is 0 Å². The van der Waals surface area contributed by atoms with Crippen molar-refractivity contribution in [3.63, 3.8) is 0 Å². The highest BCUT2D eigenvalue weighted by Crippen LogP contribution is 2.33. The molecule has 1 saturated carbocycles. The third kappa shape index (κ3) is 4.12. The molecule has 1 atom stereocenters. The molecule has 1 aliphatic carbocycles. The van der Waals surface area contributed by atoms with Gasteiger partial charge in [0.05, 0.1) is 0 Å². The van der Waals surface area contributed by atoms with Gasteiger partial charge in [-0.1, -0.05) is 40.0 Å². The molecule has 0 aromatic carbocycles. The normalized spacial score (nSPS) is 28.1. The lowest BCUT2D eigenvalue weighted by molar-refractivity contribution is 0.0413. The third-order valence-corrected chi connectivity index (χ3v) is 5.85. The first-order chi connectivity index (χ1) is 9.17. The van der Waals surface area contributed by atoms with Gasteiger partial charge >= 0.3 is 0 Å². The second-order valence-electron chi connectivity index (χ2n) is 6.70. The lowest BCUT2D eigenvalue weighted by atomic mass is 9.78. The van der Waals surface area contributed by atoms with E-state index in [1.807, 2.05) is 0 Å². The minimum Gasteiger partial charge on any atom is -0.308 e. The Morgan fingerprint density at radius 2 is 2.00 bits per heavy atom. The minimum absolute atomic E-state index is 0.459. The predicted octanol–water partition coefficient (Wildman–Crippen LogP) is 3.37. The highest BCUT2D eigenvalue weighted by Gasteiger charge is 2.40. The van der Waals surface area contributed by atoms with E-state index in [4.69, 9.17) is 0 Å². The summed E-state index contributed by atoms with van der Waals surface area (Å²) in [6, 6.07) is 0.741. The summed E-state index contributed by atoms with van der Waals surface area (Å²) in [4.78, 5) is 2.80. The molecule has 1 N–H and O–H groups in total. The molecule has 0 aromatic rings.